The van der Waals surface area contributed by atoms with Crippen molar-refractivity contribution in [2.45, 2.75) is 33.4 Å². The number of rotatable bonds is 12. The third-order valence-corrected chi connectivity index (χ3v) is 7.41. The molecule has 0 heterocycles. The second kappa shape index (κ2) is 13.2. The molecule has 2 amide bonds. The van der Waals surface area contributed by atoms with Crippen LogP contribution < -0.4 is 19.1 Å². The van der Waals surface area contributed by atoms with Gasteiger partial charge in [0.15, 0.2) is 0 Å². The molecular formula is C25H33Cl2N3O6S. The van der Waals surface area contributed by atoms with Crippen molar-refractivity contribution in [2.75, 3.05) is 37.9 Å². The van der Waals surface area contributed by atoms with Crippen molar-refractivity contribution in [1.82, 2.24) is 10.2 Å². The fourth-order valence-electron chi connectivity index (χ4n) is 3.48. The fourth-order valence-corrected chi connectivity index (χ4v) is 4.84. The Morgan fingerprint density at radius 3 is 2.16 bits per heavy atom. The number of nitrogens with one attached hydrogen (secondary N) is 1. The van der Waals surface area contributed by atoms with E-state index in [2.05, 4.69) is 5.32 Å². The summed E-state index contributed by atoms with van der Waals surface area (Å²) in [5.41, 5.74) is 0.554. The Morgan fingerprint density at radius 1 is 1.03 bits per heavy atom. The third-order valence-electron chi connectivity index (χ3n) is 5.58. The number of benzene rings is 2. The monoisotopic (exact) mass is 573 g/mol. The molecule has 0 bridgehead atoms. The van der Waals surface area contributed by atoms with Crippen LogP contribution in [0, 0.1) is 5.92 Å². The molecule has 1 N–H and O–H groups in total. The van der Waals surface area contributed by atoms with Crippen molar-refractivity contribution >= 4 is 50.7 Å². The van der Waals surface area contributed by atoms with Gasteiger partial charge in [0.1, 0.15) is 24.1 Å². The van der Waals surface area contributed by atoms with Gasteiger partial charge in [0.2, 0.25) is 21.8 Å². The molecule has 0 fully saturated rings. The van der Waals surface area contributed by atoms with Gasteiger partial charge in [-0.1, -0.05) is 43.1 Å². The van der Waals surface area contributed by atoms with E-state index in [1.165, 1.54) is 25.2 Å². The SMILES string of the molecule is COc1ccc(OC)c(N(CC(=O)N(Cc2c(Cl)cccc2Cl)[C@H](C)C(=O)NCC(C)C)S(C)(=O)=O)c1. The number of hydrogen-bond acceptors (Lipinski definition) is 6. The predicted molar refractivity (Wildman–Crippen MR) is 146 cm³/mol. The minimum absolute atomic E-state index is 0.111. The molecule has 0 spiro atoms. The largest absolute Gasteiger partial charge is 0.497 e. The molecule has 1 atom stereocenters. The summed E-state index contributed by atoms with van der Waals surface area (Å²) in [6, 6.07) is 8.57. The normalized spacial score (nSPS) is 12.1. The van der Waals surface area contributed by atoms with E-state index in [0.29, 0.717) is 27.9 Å². The number of methoxy groups -OCH3 is 2. The van der Waals surface area contributed by atoms with Crippen LogP contribution in [0.25, 0.3) is 0 Å². The van der Waals surface area contributed by atoms with E-state index in [-0.39, 0.29) is 23.9 Å². The topological polar surface area (TPSA) is 105 Å². The van der Waals surface area contributed by atoms with Gasteiger partial charge >= 0.3 is 0 Å². The Balaban J connectivity index is 2.52. The number of carbonyl (C=O) groups is 2. The Kier molecular flexibility index (Phi) is 10.9. The van der Waals surface area contributed by atoms with E-state index >= 15 is 0 Å². The number of nitrogens with zero attached hydrogens (tertiary/aromatic N) is 2. The van der Waals surface area contributed by atoms with Gasteiger partial charge in [-0.3, -0.25) is 13.9 Å². The van der Waals surface area contributed by atoms with Crippen molar-refractivity contribution in [1.29, 1.82) is 0 Å². The summed E-state index contributed by atoms with van der Waals surface area (Å²) < 4.78 is 37.2. The van der Waals surface area contributed by atoms with Gasteiger partial charge in [-0.2, -0.15) is 0 Å². The molecule has 12 heteroatoms. The minimum Gasteiger partial charge on any atom is -0.497 e. The number of ether oxygens (including phenoxy) is 2. The first-order chi connectivity index (χ1) is 17.3. The zero-order chi connectivity index (χ0) is 27.9. The van der Waals surface area contributed by atoms with Crippen LogP contribution in [0.4, 0.5) is 5.69 Å². The first kappa shape index (κ1) is 30.5. The van der Waals surface area contributed by atoms with Crippen molar-refractivity contribution in [3.63, 3.8) is 0 Å². The Morgan fingerprint density at radius 2 is 1.65 bits per heavy atom. The van der Waals surface area contributed by atoms with Crippen LogP contribution in [-0.4, -0.2) is 64.7 Å². The van der Waals surface area contributed by atoms with E-state index in [0.717, 1.165) is 10.6 Å². The standard InChI is InChI=1S/C25H33Cl2N3O6S/c1-16(2)13-28-25(32)17(3)29(14-19-20(26)8-7-9-21(19)27)24(31)15-30(37(6,33)34)22-12-18(35-4)10-11-23(22)36-5/h7-12,16-17H,13-15H2,1-6H3,(H,28,32)/t17-/m1/s1. The van der Waals surface area contributed by atoms with Crippen molar-refractivity contribution in [2.24, 2.45) is 5.92 Å². The minimum atomic E-state index is -3.96. The van der Waals surface area contributed by atoms with Gasteiger partial charge in [-0.05, 0) is 37.1 Å². The first-order valence-electron chi connectivity index (χ1n) is 11.5. The maximum atomic E-state index is 13.7. The molecule has 204 valence electrons. The maximum absolute atomic E-state index is 13.7. The summed E-state index contributed by atoms with van der Waals surface area (Å²) in [6.07, 6.45) is 0.979. The molecule has 9 nitrogen and oxygen atoms in total. The van der Waals surface area contributed by atoms with Gasteiger partial charge in [-0.15, -0.1) is 0 Å². The number of hydrogen-bond donors (Lipinski definition) is 1. The first-order valence-corrected chi connectivity index (χ1v) is 14.1. The summed E-state index contributed by atoms with van der Waals surface area (Å²) in [5, 5.41) is 3.44. The van der Waals surface area contributed by atoms with E-state index < -0.39 is 34.4 Å². The maximum Gasteiger partial charge on any atom is 0.244 e. The summed E-state index contributed by atoms with van der Waals surface area (Å²) in [6.45, 7) is 5.15. The van der Waals surface area contributed by atoms with E-state index in [9.17, 15) is 18.0 Å². The summed E-state index contributed by atoms with van der Waals surface area (Å²) in [4.78, 5) is 27.9. The average molecular weight is 575 g/mol. The quantitative estimate of drug-likeness (QED) is 0.412. The van der Waals surface area contributed by atoms with Crippen LogP contribution in [0.15, 0.2) is 36.4 Å². The molecule has 0 saturated carbocycles. The van der Waals surface area contributed by atoms with Crippen LogP contribution in [-0.2, 0) is 26.2 Å². The zero-order valence-electron chi connectivity index (χ0n) is 21.7. The van der Waals surface area contributed by atoms with Gasteiger partial charge in [0, 0.05) is 34.8 Å². The second-order valence-corrected chi connectivity index (χ2v) is 11.6. The molecule has 2 aromatic carbocycles. The highest BCUT2D eigenvalue weighted by Crippen LogP contribution is 2.34. The lowest BCUT2D eigenvalue weighted by atomic mass is 10.1. The molecule has 0 unspecified atom stereocenters. The summed E-state index contributed by atoms with van der Waals surface area (Å²) in [5.74, 6) is -0.242. The Bertz CT molecular complexity index is 1200. The molecule has 37 heavy (non-hydrogen) atoms. The summed E-state index contributed by atoms with van der Waals surface area (Å²) in [7, 11) is -1.14. The number of carbonyl (C=O) groups excluding carboxylic acids is 2. The smallest absolute Gasteiger partial charge is 0.244 e. The predicted octanol–water partition coefficient (Wildman–Crippen LogP) is 3.97. The van der Waals surface area contributed by atoms with Crippen LogP contribution >= 0.6 is 23.2 Å². The highest BCUT2D eigenvalue weighted by molar-refractivity contribution is 7.92. The van der Waals surface area contributed by atoms with Crippen molar-refractivity contribution in [3.05, 3.63) is 52.0 Å². The van der Waals surface area contributed by atoms with E-state index in [1.54, 1.807) is 37.3 Å². The molecule has 0 radical (unpaired) electrons. The summed E-state index contributed by atoms with van der Waals surface area (Å²) >= 11 is 12.7. The van der Waals surface area contributed by atoms with E-state index in [1.807, 2.05) is 13.8 Å². The molecule has 0 aromatic heterocycles. The van der Waals surface area contributed by atoms with Crippen molar-refractivity contribution < 1.29 is 27.5 Å². The van der Waals surface area contributed by atoms with Gasteiger partial charge in [0.05, 0.1) is 26.2 Å². The second-order valence-electron chi connectivity index (χ2n) is 8.84. The lowest BCUT2D eigenvalue weighted by Gasteiger charge is -2.32. The molecule has 0 aliphatic heterocycles. The lowest BCUT2D eigenvalue weighted by Crippen LogP contribution is -2.51. The number of sulfonamides is 1. The lowest BCUT2D eigenvalue weighted by molar-refractivity contribution is -0.139. The molecule has 2 rings (SSSR count). The average Bonchev–Trinajstić information content (AvgIpc) is 2.84. The zero-order valence-corrected chi connectivity index (χ0v) is 24.1. The molecule has 0 aliphatic carbocycles. The van der Waals surface area contributed by atoms with Gasteiger partial charge in [-0.25, -0.2) is 8.42 Å². The number of amides is 2. The highest BCUT2D eigenvalue weighted by Gasteiger charge is 2.32. The molecular weight excluding hydrogens is 541 g/mol. The highest BCUT2D eigenvalue weighted by atomic mass is 35.5. The van der Waals surface area contributed by atoms with E-state index in [4.69, 9.17) is 32.7 Å². The molecule has 0 aliphatic rings. The van der Waals surface area contributed by atoms with Crippen molar-refractivity contribution in [3.8, 4) is 11.5 Å². The van der Waals surface area contributed by atoms with Crippen LogP contribution in [0.1, 0.15) is 26.3 Å². The van der Waals surface area contributed by atoms with Crippen LogP contribution in [0.2, 0.25) is 10.0 Å². The van der Waals surface area contributed by atoms with Crippen LogP contribution in [0.3, 0.4) is 0 Å². The Labute approximate surface area is 228 Å². The fraction of sp³-hybridized carbons (Fsp3) is 0.440. The Hall–Kier alpha value is -2.69. The van der Waals surface area contributed by atoms with Crippen LogP contribution in [0.5, 0.6) is 11.5 Å². The molecule has 2 aromatic rings. The molecule has 0 saturated heterocycles. The number of halogens is 2. The number of anilines is 1. The third kappa shape index (κ3) is 8.15. The van der Waals surface area contributed by atoms with Gasteiger partial charge < -0.3 is 19.7 Å². The van der Waals surface area contributed by atoms with Gasteiger partial charge in [0.25, 0.3) is 0 Å².